The minimum Gasteiger partial charge on any atom is -0.420 e. The van der Waals surface area contributed by atoms with E-state index >= 15 is 0 Å². The van der Waals surface area contributed by atoms with Gasteiger partial charge >= 0.3 is 0 Å². The third-order valence-electron chi connectivity index (χ3n) is 6.69. The fraction of sp³-hybridized carbons (Fsp3) is 0.852. The molecule has 5 nitrogen and oxygen atoms in total. The Morgan fingerprint density at radius 1 is 1.06 bits per heavy atom. The average molecular weight is 575 g/mol. The zero-order valence-electron chi connectivity index (χ0n) is 23.4. The molecule has 36 heavy (non-hydrogen) atoms. The van der Waals surface area contributed by atoms with Crippen molar-refractivity contribution in [2.75, 3.05) is 12.9 Å². The second-order valence-electron chi connectivity index (χ2n) is 10.7. The summed E-state index contributed by atoms with van der Waals surface area (Å²) in [4.78, 5) is 24.5. The second-order valence-corrected chi connectivity index (χ2v) is 18.6. The van der Waals surface area contributed by atoms with Crippen LogP contribution in [0.5, 0.6) is 0 Å². The summed E-state index contributed by atoms with van der Waals surface area (Å²) >= 11 is 8.41. The van der Waals surface area contributed by atoms with Crippen molar-refractivity contribution in [3.05, 3.63) is 0 Å². The normalized spacial score (nSPS) is 14.1. The SMILES string of the molecule is CCCCCCCCCCCCSC(=S)SC(CC(C)(C#N)CCC(=O)CC[Si](C)(C)OC)C(N)=O. The fourth-order valence-electron chi connectivity index (χ4n) is 3.79. The number of ketones is 1. The van der Waals surface area contributed by atoms with E-state index in [-0.39, 0.29) is 5.78 Å². The summed E-state index contributed by atoms with van der Waals surface area (Å²) in [7, 11) is -0.0792. The van der Waals surface area contributed by atoms with Gasteiger partial charge in [-0.2, -0.15) is 5.26 Å². The van der Waals surface area contributed by atoms with Gasteiger partial charge in [-0.1, -0.05) is 88.7 Å². The van der Waals surface area contributed by atoms with Crippen LogP contribution >= 0.6 is 35.7 Å². The number of thiocarbonyl (C=S) groups is 1. The predicted molar refractivity (Wildman–Crippen MR) is 164 cm³/mol. The Kier molecular flexibility index (Phi) is 20.3. The third-order valence-corrected chi connectivity index (χ3v) is 12.1. The fourth-order valence-corrected chi connectivity index (χ4v) is 7.66. The van der Waals surface area contributed by atoms with E-state index in [1.165, 1.54) is 69.5 Å². The second kappa shape index (κ2) is 20.5. The van der Waals surface area contributed by atoms with Gasteiger partial charge in [-0.3, -0.25) is 9.59 Å². The van der Waals surface area contributed by atoms with Gasteiger partial charge in [-0.25, -0.2) is 0 Å². The number of amides is 1. The van der Waals surface area contributed by atoms with Gasteiger partial charge in [-0.05, 0) is 51.1 Å². The summed E-state index contributed by atoms with van der Waals surface area (Å²) < 4.78 is 6.21. The van der Waals surface area contributed by atoms with Gasteiger partial charge in [0.2, 0.25) is 5.91 Å². The van der Waals surface area contributed by atoms with Crippen LogP contribution in [-0.2, 0) is 14.0 Å². The first-order valence-electron chi connectivity index (χ1n) is 13.6. The summed E-state index contributed by atoms with van der Waals surface area (Å²) in [5.74, 6) is 0.626. The lowest BCUT2D eigenvalue weighted by Crippen LogP contribution is -2.32. The molecule has 9 heteroatoms. The van der Waals surface area contributed by atoms with Gasteiger partial charge < -0.3 is 10.2 Å². The number of nitrogens with two attached hydrogens (primary N) is 1. The van der Waals surface area contributed by atoms with E-state index in [9.17, 15) is 14.9 Å². The summed E-state index contributed by atoms with van der Waals surface area (Å²) in [6, 6.07) is 3.10. The average Bonchev–Trinajstić information content (AvgIpc) is 2.84. The first kappa shape index (κ1) is 35.6. The minimum absolute atomic E-state index is 0.139. The van der Waals surface area contributed by atoms with Crippen LogP contribution < -0.4 is 5.73 Å². The van der Waals surface area contributed by atoms with Crippen LogP contribution in [0.1, 0.15) is 104 Å². The third kappa shape index (κ3) is 18.8. The van der Waals surface area contributed by atoms with Crippen molar-refractivity contribution >= 4 is 59.3 Å². The first-order valence-corrected chi connectivity index (χ1v) is 19.0. The van der Waals surface area contributed by atoms with Gasteiger partial charge in [0, 0.05) is 20.0 Å². The predicted octanol–water partition coefficient (Wildman–Crippen LogP) is 8.02. The number of carbonyl (C=O) groups excluding carboxylic acids is 2. The highest BCUT2D eigenvalue weighted by atomic mass is 32.2. The van der Waals surface area contributed by atoms with Crippen molar-refractivity contribution in [2.45, 2.75) is 128 Å². The molecule has 1 amide bonds. The highest BCUT2D eigenvalue weighted by Crippen LogP contribution is 2.35. The number of thioether (sulfide) groups is 2. The maximum absolute atomic E-state index is 12.4. The number of Topliss-reactive ketones (excluding diaryl/α,β-unsaturated/α-hetero) is 1. The largest absolute Gasteiger partial charge is 0.420 e. The maximum Gasteiger partial charge on any atom is 0.231 e. The lowest BCUT2D eigenvalue weighted by atomic mass is 9.81. The van der Waals surface area contributed by atoms with Crippen molar-refractivity contribution in [3.63, 3.8) is 0 Å². The van der Waals surface area contributed by atoms with E-state index in [0.29, 0.717) is 29.2 Å². The monoisotopic (exact) mass is 574 g/mol. The molecule has 2 unspecified atom stereocenters. The summed E-state index contributed by atoms with van der Waals surface area (Å²) in [6.45, 7) is 8.24. The van der Waals surface area contributed by atoms with E-state index < -0.39 is 24.9 Å². The molecule has 0 aromatic carbocycles. The van der Waals surface area contributed by atoms with Crippen LogP contribution in [0, 0.1) is 16.7 Å². The topological polar surface area (TPSA) is 93.2 Å². The number of nitrogens with zero attached hydrogens (tertiary/aromatic N) is 1. The van der Waals surface area contributed by atoms with Gasteiger partial charge in [0.15, 0.2) is 8.32 Å². The number of rotatable bonds is 22. The standard InChI is InChI=1S/C27H50N2O3S3Si/c1-6-7-8-9-10-11-12-13-14-15-19-34-26(33)35-24(25(29)31)21-27(2,22-28)18-16-23(30)17-20-36(4,5)32-3/h24H,6-21H2,1-5H3,(H2,29,31). The molecular weight excluding hydrogens is 525 g/mol. The number of primary amides is 1. The zero-order valence-corrected chi connectivity index (χ0v) is 26.8. The lowest BCUT2D eigenvalue weighted by Gasteiger charge is -2.25. The highest BCUT2D eigenvalue weighted by molar-refractivity contribution is 8.47. The van der Waals surface area contributed by atoms with Crippen molar-refractivity contribution in [2.24, 2.45) is 11.1 Å². The molecule has 0 heterocycles. The molecule has 0 aromatic heterocycles. The van der Waals surface area contributed by atoms with E-state index in [0.717, 1.165) is 18.2 Å². The van der Waals surface area contributed by atoms with Gasteiger partial charge in [0.25, 0.3) is 0 Å². The number of unbranched alkanes of at least 4 members (excludes halogenated alkanes) is 9. The zero-order chi connectivity index (χ0) is 27.5. The Labute approximate surface area is 236 Å². The summed E-state index contributed by atoms with van der Waals surface area (Å²) in [5, 5.41) is 9.24. The number of hydrogen-bond acceptors (Lipinski definition) is 7. The van der Waals surface area contributed by atoms with E-state index in [1.807, 2.05) is 6.92 Å². The molecule has 0 spiro atoms. The van der Waals surface area contributed by atoms with Crippen molar-refractivity contribution < 1.29 is 14.0 Å². The van der Waals surface area contributed by atoms with E-state index in [4.69, 9.17) is 22.4 Å². The Morgan fingerprint density at radius 3 is 2.11 bits per heavy atom. The Morgan fingerprint density at radius 2 is 1.61 bits per heavy atom. The van der Waals surface area contributed by atoms with Crippen LogP contribution in [0.4, 0.5) is 0 Å². The molecule has 2 atom stereocenters. The molecule has 2 N–H and O–H groups in total. The molecule has 0 saturated carbocycles. The van der Waals surface area contributed by atoms with Gasteiger partial charge in [-0.15, -0.1) is 11.8 Å². The van der Waals surface area contributed by atoms with Crippen LogP contribution in [0.3, 0.4) is 0 Å². The summed E-state index contributed by atoms with van der Waals surface area (Å²) in [5.41, 5.74) is 4.86. The van der Waals surface area contributed by atoms with Gasteiger partial charge in [0.05, 0.1) is 16.7 Å². The highest BCUT2D eigenvalue weighted by Gasteiger charge is 2.33. The van der Waals surface area contributed by atoms with Crippen LogP contribution in [0.2, 0.25) is 19.1 Å². The number of carbonyl (C=O) groups is 2. The minimum atomic E-state index is -1.78. The van der Waals surface area contributed by atoms with Crippen molar-refractivity contribution in [1.29, 1.82) is 5.26 Å². The molecule has 0 rings (SSSR count). The smallest absolute Gasteiger partial charge is 0.231 e. The molecule has 208 valence electrons. The first-order chi connectivity index (χ1) is 17.0. The Hall–Kier alpha value is -0.403. The van der Waals surface area contributed by atoms with Crippen molar-refractivity contribution in [1.82, 2.24) is 0 Å². The Bertz CT molecular complexity index is 700. The Balaban J connectivity index is 4.33. The molecule has 0 aliphatic heterocycles. The van der Waals surface area contributed by atoms with Crippen LogP contribution in [-0.4, -0.2) is 41.6 Å². The molecule has 0 aromatic rings. The number of nitriles is 1. The molecular formula is C27H50N2O3S3Si. The quantitative estimate of drug-likeness (QED) is 0.0794. The number of hydrogen-bond donors (Lipinski definition) is 1. The van der Waals surface area contributed by atoms with Crippen LogP contribution in [0.25, 0.3) is 0 Å². The summed E-state index contributed by atoms with van der Waals surface area (Å²) in [6.07, 6.45) is 14.5. The molecule has 0 saturated heterocycles. The molecule has 0 bridgehead atoms. The molecule has 0 radical (unpaired) electrons. The van der Waals surface area contributed by atoms with Gasteiger partial charge in [0.1, 0.15) is 9.31 Å². The molecule has 0 aliphatic carbocycles. The van der Waals surface area contributed by atoms with Crippen LogP contribution in [0.15, 0.2) is 0 Å². The molecule has 0 fully saturated rings. The van der Waals surface area contributed by atoms with Crippen molar-refractivity contribution in [3.8, 4) is 6.07 Å². The van der Waals surface area contributed by atoms with E-state index in [2.05, 4.69) is 26.1 Å². The lowest BCUT2D eigenvalue weighted by molar-refractivity contribution is -0.119. The maximum atomic E-state index is 12.4. The molecule has 0 aliphatic rings. The van der Waals surface area contributed by atoms with E-state index in [1.54, 1.807) is 18.9 Å².